The summed E-state index contributed by atoms with van der Waals surface area (Å²) in [6.07, 6.45) is 0.913. The van der Waals surface area contributed by atoms with Crippen LogP contribution in [0, 0.1) is 0 Å². The lowest BCUT2D eigenvalue weighted by Crippen LogP contribution is -2.46. The molecule has 0 atom stereocenters. The van der Waals surface area contributed by atoms with Crippen molar-refractivity contribution in [3.05, 3.63) is 54.1 Å². The molecule has 0 fully saturated rings. The Morgan fingerprint density at radius 3 is 2.07 bits per heavy atom. The van der Waals surface area contributed by atoms with E-state index in [9.17, 15) is 4.79 Å². The lowest BCUT2D eigenvalue weighted by atomic mass is 10.2. The van der Waals surface area contributed by atoms with Gasteiger partial charge in [0, 0.05) is 13.0 Å². The topological polar surface area (TPSA) is 80.9 Å². The van der Waals surface area contributed by atoms with E-state index < -0.39 is 0 Å². The molecule has 0 aliphatic heterocycles. The minimum Gasteiger partial charge on any atom is -0.497 e. The summed E-state index contributed by atoms with van der Waals surface area (Å²) in [4.78, 5) is 11.8. The van der Waals surface area contributed by atoms with Crippen molar-refractivity contribution in [2.24, 2.45) is 0 Å². The average molecular weight is 404 g/mol. The van der Waals surface area contributed by atoms with Gasteiger partial charge in [-0.25, -0.2) is 0 Å². The van der Waals surface area contributed by atoms with Crippen molar-refractivity contribution in [3.63, 3.8) is 0 Å². The fourth-order valence-electron chi connectivity index (χ4n) is 2.25. The van der Waals surface area contributed by atoms with Gasteiger partial charge in [0.2, 0.25) is 5.91 Å². The predicted octanol–water partition coefficient (Wildman–Crippen LogP) is 2.56. The molecule has 0 aliphatic carbocycles. The van der Waals surface area contributed by atoms with Crippen molar-refractivity contribution in [3.8, 4) is 17.2 Å². The Morgan fingerprint density at radius 2 is 1.46 bits per heavy atom. The van der Waals surface area contributed by atoms with Crippen molar-refractivity contribution in [2.45, 2.75) is 19.4 Å². The maximum Gasteiger partial charge on any atom is 0.238 e. The highest BCUT2D eigenvalue weighted by molar-refractivity contribution is 7.80. The van der Waals surface area contributed by atoms with Crippen LogP contribution in [-0.4, -0.2) is 31.8 Å². The normalized spacial score (nSPS) is 9.93. The van der Waals surface area contributed by atoms with Crippen molar-refractivity contribution >= 4 is 23.2 Å². The van der Waals surface area contributed by atoms with Crippen LogP contribution in [0.25, 0.3) is 0 Å². The Bertz CT molecular complexity index is 751. The number of benzene rings is 2. The first-order valence-electron chi connectivity index (χ1n) is 8.83. The van der Waals surface area contributed by atoms with E-state index in [0.29, 0.717) is 31.1 Å². The molecule has 0 saturated heterocycles. The van der Waals surface area contributed by atoms with Gasteiger partial charge in [0.05, 0.1) is 20.8 Å². The Morgan fingerprint density at radius 1 is 0.893 bits per heavy atom. The Kier molecular flexibility index (Phi) is 8.87. The zero-order chi connectivity index (χ0) is 20.2. The summed E-state index contributed by atoms with van der Waals surface area (Å²) < 4.78 is 15.8. The third kappa shape index (κ3) is 7.71. The molecule has 0 radical (unpaired) electrons. The SMILES string of the molecule is COc1ccc(CNC(=S)NNC(=O)CCCOc2ccc(OC)cc2)cc1. The highest BCUT2D eigenvalue weighted by Gasteiger charge is 2.03. The van der Waals surface area contributed by atoms with E-state index in [1.165, 1.54) is 0 Å². The van der Waals surface area contributed by atoms with E-state index in [2.05, 4.69) is 16.2 Å². The number of hydrazine groups is 1. The highest BCUT2D eigenvalue weighted by atomic mass is 32.1. The van der Waals surface area contributed by atoms with E-state index >= 15 is 0 Å². The van der Waals surface area contributed by atoms with Gasteiger partial charge in [-0.05, 0) is 60.6 Å². The van der Waals surface area contributed by atoms with Crippen LogP contribution in [0.1, 0.15) is 18.4 Å². The highest BCUT2D eigenvalue weighted by Crippen LogP contribution is 2.17. The molecule has 0 heterocycles. The van der Waals surface area contributed by atoms with Gasteiger partial charge in [0.15, 0.2) is 5.11 Å². The summed E-state index contributed by atoms with van der Waals surface area (Å²) in [7, 11) is 3.24. The number of nitrogens with one attached hydrogen (secondary N) is 3. The van der Waals surface area contributed by atoms with Crippen molar-refractivity contribution in [2.75, 3.05) is 20.8 Å². The first-order chi connectivity index (χ1) is 13.6. The van der Waals surface area contributed by atoms with Crippen LogP contribution in [0.4, 0.5) is 0 Å². The fraction of sp³-hybridized carbons (Fsp3) is 0.300. The third-order valence-electron chi connectivity index (χ3n) is 3.80. The van der Waals surface area contributed by atoms with Crippen LogP contribution in [0.5, 0.6) is 17.2 Å². The Hall–Kier alpha value is -3.00. The maximum atomic E-state index is 11.8. The standard InChI is InChI=1S/C20H25N3O4S/c1-25-16-7-5-15(6-8-16)14-21-20(28)23-22-19(24)4-3-13-27-18-11-9-17(26-2)10-12-18/h5-12H,3-4,13-14H2,1-2H3,(H,22,24)(H2,21,23,28). The third-order valence-corrected chi connectivity index (χ3v) is 4.05. The van der Waals surface area contributed by atoms with Gasteiger partial charge in [-0.2, -0.15) is 0 Å². The predicted molar refractivity (Wildman–Crippen MR) is 111 cm³/mol. The monoisotopic (exact) mass is 403 g/mol. The molecule has 0 unspecified atom stereocenters. The largest absolute Gasteiger partial charge is 0.497 e. The van der Waals surface area contributed by atoms with Gasteiger partial charge >= 0.3 is 0 Å². The van der Waals surface area contributed by atoms with Crippen molar-refractivity contribution in [1.82, 2.24) is 16.2 Å². The minimum absolute atomic E-state index is 0.160. The number of carbonyl (C=O) groups is 1. The maximum absolute atomic E-state index is 11.8. The molecule has 3 N–H and O–H groups in total. The summed E-state index contributed by atoms with van der Waals surface area (Å²) in [5, 5.41) is 3.37. The molecule has 1 amide bonds. The number of ether oxygens (including phenoxy) is 3. The quantitative estimate of drug-likeness (QED) is 0.337. The molecular weight excluding hydrogens is 378 g/mol. The summed E-state index contributed by atoms with van der Waals surface area (Å²) in [6, 6.07) is 14.9. The second-order valence-corrected chi connectivity index (χ2v) is 6.24. The number of amides is 1. The molecule has 8 heteroatoms. The number of rotatable bonds is 9. The lowest BCUT2D eigenvalue weighted by molar-refractivity contribution is -0.121. The molecule has 0 aliphatic rings. The number of methoxy groups -OCH3 is 2. The molecular formula is C20H25N3O4S. The van der Waals surface area contributed by atoms with Crippen LogP contribution in [0.2, 0.25) is 0 Å². The van der Waals surface area contributed by atoms with E-state index in [-0.39, 0.29) is 5.91 Å². The smallest absolute Gasteiger partial charge is 0.238 e. The molecule has 0 saturated carbocycles. The molecule has 0 spiro atoms. The number of thiocarbonyl (C=S) groups is 1. The Balaban J connectivity index is 1.56. The first kappa shape index (κ1) is 21.3. The van der Waals surface area contributed by atoms with E-state index in [0.717, 1.165) is 22.8 Å². The zero-order valence-corrected chi connectivity index (χ0v) is 16.8. The van der Waals surface area contributed by atoms with Crippen LogP contribution >= 0.6 is 12.2 Å². The Labute approximate surface area is 170 Å². The molecule has 2 aromatic rings. The minimum atomic E-state index is -0.160. The van der Waals surface area contributed by atoms with Crippen LogP contribution in [0.15, 0.2) is 48.5 Å². The van der Waals surface area contributed by atoms with Crippen molar-refractivity contribution < 1.29 is 19.0 Å². The average Bonchev–Trinajstić information content (AvgIpc) is 2.74. The van der Waals surface area contributed by atoms with E-state index in [4.69, 9.17) is 26.4 Å². The number of carbonyl (C=O) groups excluding carboxylic acids is 1. The van der Waals surface area contributed by atoms with E-state index in [1.54, 1.807) is 14.2 Å². The second kappa shape index (κ2) is 11.7. The first-order valence-corrected chi connectivity index (χ1v) is 9.24. The summed E-state index contributed by atoms with van der Waals surface area (Å²) in [5.41, 5.74) is 6.30. The molecule has 7 nitrogen and oxygen atoms in total. The molecule has 2 aromatic carbocycles. The van der Waals surface area contributed by atoms with Gasteiger partial charge in [-0.15, -0.1) is 0 Å². The van der Waals surface area contributed by atoms with Gasteiger partial charge in [0.25, 0.3) is 0 Å². The van der Waals surface area contributed by atoms with Gasteiger partial charge in [0.1, 0.15) is 17.2 Å². The van der Waals surface area contributed by atoms with Gasteiger partial charge in [-0.1, -0.05) is 12.1 Å². The van der Waals surface area contributed by atoms with E-state index in [1.807, 2.05) is 48.5 Å². The summed E-state index contributed by atoms with van der Waals surface area (Å²) >= 11 is 5.14. The second-order valence-electron chi connectivity index (χ2n) is 5.83. The number of hydrogen-bond acceptors (Lipinski definition) is 5. The number of hydrogen-bond donors (Lipinski definition) is 3. The van der Waals surface area contributed by atoms with Gasteiger partial charge in [-0.3, -0.25) is 15.6 Å². The van der Waals surface area contributed by atoms with Crippen molar-refractivity contribution in [1.29, 1.82) is 0 Å². The molecule has 0 aromatic heterocycles. The van der Waals surface area contributed by atoms with Crippen LogP contribution in [-0.2, 0) is 11.3 Å². The summed E-state index contributed by atoms with van der Waals surface area (Å²) in [6.45, 7) is 0.987. The lowest BCUT2D eigenvalue weighted by Gasteiger charge is -2.12. The van der Waals surface area contributed by atoms with Crippen LogP contribution < -0.4 is 30.4 Å². The fourth-order valence-corrected chi connectivity index (χ4v) is 2.38. The molecule has 2 rings (SSSR count). The van der Waals surface area contributed by atoms with Crippen LogP contribution in [0.3, 0.4) is 0 Å². The molecule has 150 valence electrons. The molecule has 0 bridgehead atoms. The molecule has 28 heavy (non-hydrogen) atoms. The zero-order valence-electron chi connectivity index (χ0n) is 16.0. The van der Waals surface area contributed by atoms with Gasteiger partial charge < -0.3 is 19.5 Å². The summed E-state index contributed by atoms with van der Waals surface area (Å²) in [5.74, 6) is 2.15.